The average molecular weight is 346 g/mol. The van der Waals surface area contributed by atoms with Gasteiger partial charge in [-0.15, -0.1) is 0 Å². The fourth-order valence-electron chi connectivity index (χ4n) is 3.88. The van der Waals surface area contributed by atoms with Gasteiger partial charge in [0, 0.05) is 18.7 Å². The van der Waals surface area contributed by atoms with Crippen molar-refractivity contribution < 1.29 is 14.3 Å². The number of nitrogens with one attached hydrogen (secondary N) is 2. The Bertz CT molecular complexity index is 603. The normalized spacial score (nSPS) is 23.4. The quantitative estimate of drug-likeness (QED) is 0.806. The monoisotopic (exact) mass is 346 g/mol. The number of aromatic nitrogens is 1. The molecule has 2 N–H and O–H groups in total. The van der Waals surface area contributed by atoms with E-state index in [-0.39, 0.29) is 0 Å². The summed E-state index contributed by atoms with van der Waals surface area (Å²) in [6.45, 7) is 2.90. The molecule has 2 amide bonds. The summed E-state index contributed by atoms with van der Waals surface area (Å²) in [4.78, 5) is 30.7. The third-order valence-electron chi connectivity index (χ3n) is 5.16. The van der Waals surface area contributed by atoms with Crippen molar-refractivity contribution in [3.63, 3.8) is 0 Å². The Balaban J connectivity index is 1.48. The molecule has 2 unspecified atom stereocenters. The zero-order valence-corrected chi connectivity index (χ0v) is 14.7. The van der Waals surface area contributed by atoms with E-state index in [1.165, 1.54) is 52.1 Å². The molecule has 0 aromatic carbocycles. The number of ether oxygens (including phenoxy) is 1. The molecular weight excluding hydrogens is 320 g/mol. The third-order valence-corrected chi connectivity index (χ3v) is 5.16. The summed E-state index contributed by atoms with van der Waals surface area (Å²) in [5, 5.41) is 5.36. The lowest BCUT2D eigenvalue weighted by Gasteiger charge is -2.44. The summed E-state index contributed by atoms with van der Waals surface area (Å²) >= 11 is 0. The van der Waals surface area contributed by atoms with Gasteiger partial charge in [-0.3, -0.25) is 9.59 Å². The van der Waals surface area contributed by atoms with Crippen LogP contribution in [-0.4, -0.2) is 54.5 Å². The van der Waals surface area contributed by atoms with Crippen LogP contribution in [0.2, 0.25) is 0 Å². The Morgan fingerprint density at radius 2 is 2.04 bits per heavy atom. The minimum Gasteiger partial charge on any atom is -0.481 e. The molecule has 7 nitrogen and oxygen atoms in total. The molecule has 2 fully saturated rings. The number of piperidine rings is 2. The largest absolute Gasteiger partial charge is 0.481 e. The van der Waals surface area contributed by atoms with Crippen molar-refractivity contribution >= 4 is 17.5 Å². The first-order chi connectivity index (χ1) is 12.2. The molecule has 2 saturated heterocycles. The summed E-state index contributed by atoms with van der Waals surface area (Å²) in [6, 6.07) is 3.84. The molecule has 7 heteroatoms. The van der Waals surface area contributed by atoms with E-state index in [0.29, 0.717) is 30.1 Å². The number of hydrogen-bond acceptors (Lipinski definition) is 5. The highest BCUT2D eigenvalue weighted by atomic mass is 16.5. The standard InChI is InChI=1S/C18H26N4O3/c1-25-16-8-7-14(12-19-16)21-18(24)17(23)20-11-13-5-4-10-22-9-3-2-6-15(13)22/h7-8,12-13,15H,2-6,9-11H2,1H3,(H,20,23)(H,21,24). The molecule has 2 aliphatic rings. The summed E-state index contributed by atoms with van der Waals surface area (Å²) in [7, 11) is 1.52. The van der Waals surface area contributed by atoms with Crippen LogP contribution in [0.15, 0.2) is 18.3 Å². The Kier molecular flexibility index (Phi) is 5.86. The van der Waals surface area contributed by atoms with Crippen LogP contribution >= 0.6 is 0 Å². The highest BCUT2D eigenvalue weighted by molar-refractivity contribution is 6.39. The molecule has 1 aromatic rings. The topological polar surface area (TPSA) is 83.6 Å². The minimum atomic E-state index is -0.664. The van der Waals surface area contributed by atoms with Gasteiger partial charge in [0.15, 0.2) is 0 Å². The highest BCUT2D eigenvalue weighted by Crippen LogP contribution is 2.30. The van der Waals surface area contributed by atoms with Crippen molar-refractivity contribution in [1.29, 1.82) is 0 Å². The van der Waals surface area contributed by atoms with Crippen LogP contribution in [-0.2, 0) is 9.59 Å². The van der Waals surface area contributed by atoms with Crippen LogP contribution < -0.4 is 15.4 Å². The summed E-state index contributed by atoms with van der Waals surface area (Å²) in [6.07, 6.45) is 7.48. The van der Waals surface area contributed by atoms with Gasteiger partial charge in [0.2, 0.25) is 5.88 Å². The van der Waals surface area contributed by atoms with Crippen molar-refractivity contribution in [2.45, 2.75) is 38.1 Å². The van der Waals surface area contributed by atoms with Gasteiger partial charge in [0.25, 0.3) is 0 Å². The maximum Gasteiger partial charge on any atom is 0.313 e. The number of amides is 2. The smallest absolute Gasteiger partial charge is 0.313 e. The van der Waals surface area contributed by atoms with Gasteiger partial charge in [-0.25, -0.2) is 4.98 Å². The second-order valence-corrected chi connectivity index (χ2v) is 6.75. The molecule has 3 rings (SSSR count). The Hall–Kier alpha value is -2.15. The number of methoxy groups -OCH3 is 1. The van der Waals surface area contributed by atoms with Gasteiger partial charge >= 0.3 is 11.8 Å². The Labute approximate surface area is 148 Å². The summed E-state index contributed by atoms with van der Waals surface area (Å²) in [5.41, 5.74) is 0.470. The summed E-state index contributed by atoms with van der Waals surface area (Å²) in [5.74, 6) is -0.364. The maximum absolute atomic E-state index is 12.1. The van der Waals surface area contributed by atoms with Crippen LogP contribution in [0.25, 0.3) is 0 Å². The van der Waals surface area contributed by atoms with E-state index in [2.05, 4.69) is 20.5 Å². The fourth-order valence-corrected chi connectivity index (χ4v) is 3.88. The number of fused-ring (bicyclic) bond motifs is 1. The number of hydrogen-bond donors (Lipinski definition) is 2. The second-order valence-electron chi connectivity index (χ2n) is 6.75. The van der Waals surface area contributed by atoms with Crippen molar-refractivity contribution in [3.8, 4) is 5.88 Å². The molecule has 25 heavy (non-hydrogen) atoms. The summed E-state index contributed by atoms with van der Waals surface area (Å²) < 4.78 is 4.96. The van der Waals surface area contributed by atoms with E-state index in [0.717, 1.165) is 6.42 Å². The van der Waals surface area contributed by atoms with E-state index in [1.807, 2.05) is 0 Å². The number of carbonyl (C=O) groups is 2. The first-order valence-corrected chi connectivity index (χ1v) is 9.00. The van der Waals surface area contributed by atoms with Crippen LogP contribution in [0.5, 0.6) is 5.88 Å². The van der Waals surface area contributed by atoms with Gasteiger partial charge in [-0.2, -0.15) is 0 Å². The predicted octanol–water partition coefficient (Wildman–Crippen LogP) is 1.41. The minimum absolute atomic E-state index is 0.438. The molecule has 136 valence electrons. The van der Waals surface area contributed by atoms with Crippen LogP contribution in [0.1, 0.15) is 32.1 Å². The first-order valence-electron chi connectivity index (χ1n) is 9.00. The van der Waals surface area contributed by atoms with E-state index in [9.17, 15) is 9.59 Å². The number of pyridine rings is 1. The van der Waals surface area contributed by atoms with Crippen molar-refractivity contribution in [3.05, 3.63) is 18.3 Å². The SMILES string of the molecule is COc1ccc(NC(=O)C(=O)NCC2CCCN3CCCCC23)cn1. The fraction of sp³-hybridized carbons (Fsp3) is 0.611. The van der Waals surface area contributed by atoms with E-state index in [1.54, 1.807) is 12.1 Å². The zero-order chi connectivity index (χ0) is 17.6. The third kappa shape index (κ3) is 4.48. The maximum atomic E-state index is 12.1. The molecule has 0 spiro atoms. The molecule has 0 aliphatic carbocycles. The van der Waals surface area contributed by atoms with Crippen molar-refractivity contribution in [2.75, 3.05) is 32.1 Å². The van der Waals surface area contributed by atoms with E-state index >= 15 is 0 Å². The lowest BCUT2D eigenvalue weighted by molar-refractivity contribution is -0.136. The predicted molar refractivity (Wildman–Crippen MR) is 94.4 cm³/mol. The molecule has 0 radical (unpaired) electrons. The van der Waals surface area contributed by atoms with Gasteiger partial charge in [0.05, 0.1) is 19.0 Å². The van der Waals surface area contributed by atoms with Crippen LogP contribution in [0.3, 0.4) is 0 Å². The number of rotatable bonds is 4. The van der Waals surface area contributed by atoms with E-state index < -0.39 is 11.8 Å². The highest BCUT2D eigenvalue weighted by Gasteiger charge is 2.33. The van der Waals surface area contributed by atoms with Gasteiger partial charge in [-0.1, -0.05) is 6.42 Å². The van der Waals surface area contributed by atoms with Gasteiger partial charge in [-0.05, 0) is 50.8 Å². The lowest BCUT2D eigenvalue weighted by Crippen LogP contribution is -2.51. The second kappa shape index (κ2) is 8.29. The number of nitrogens with zero attached hydrogens (tertiary/aromatic N) is 2. The molecule has 1 aromatic heterocycles. The van der Waals surface area contributed by atoms with Gasteiger partial charge < -0.3 is 20.3 Å². The van der Waals surface area contributed by atoms with Gasteiger partial charge in [0.1, 0.15) is 0 Å². The molecular formula is C18H26N4O3. The van der Waals surface area contributed by atoms with Crippen LogP contribution in [0.4, 0.5) is 5.69 Å². The lowest BCUT2D eigenvalue weighted by atomic mass is 9.83. The molecule has 0 saturated carbocycles. The number of anilines is 1. The number of carbonyl (C=O) groups excluding carboxylic acids is 2. The average Bonchev–Trinajstić information content (AvgIpc) is 2.66. The van der Waals surface area contributed by atoms with Crippen molar-refractivity contribution in [2.24, 2.45) is 5.92 Å². The van der Waals surface area contributed by atoms with Crippen LogP contribution in [0, 0.1) is 5.92 Å². The van der Waals surface area contributed by atoms with Crippen molar-refractivity contribution in [1.82, 2.24) is 15.2 Å². The first kappa shape index (κ1) is 17.7. The Morgan fingerprint density at radius 1 is 1.20 bits per heavy atom. The molecule has 3 heterocycles. The Morgan fingerprint density at radius 3 is 2.80 bits per heavy atom. The molecule has 2 aliphatic heterocycles. The molecule has 0 bridgehead atoms. The zero-order valence-electron chi connectivity index (χ0n) is 14.7. The van der Waals surface area contributed by atoms with E-state index in [4.69, 9.17) is 4.74 Å². The molecule has 2 atom stereocenters.